The molecule has 11 heteroatoms. The summed E-state index contributed by atoms with van der Waals surface area (Å²) in [6.45, 7) is 2.70. The van der Waals surface area contributed by atoms with E-state index in [4.69, 9.17) is 4.74 Å². The summed E-state index contributed by atoms with van der Waals surface area (Å²) in [5, 5.41) is 2.69. The van der Waals surface area contributed by atoms with E-state index in [1.807, 2.05) is 6.92 Å². The maximum Gasteiger partial charge on any atom is 0.267 e. The van der Waals surface area contributed by atoms with Gasteiger partial charge in [-0.3, -0.25) is 9.10 Å². The highest BCUT2D eigenvalue weighted by Gasteiger charge is 2.35. The smallest absolute Gasteiger partial charge is 0.267 e. The molecule has 1 amide bonds. The molecule has 2 aromatic carbocycles. The number of carbonyl (C=O) groups excluding carboxylic acids is 1. The summed E-state index contributed by atoms with van der Waals surface area (Å²) < 4.78 is 58.7. The minimum absolute atomic E-state index is 0.164. The van der Waals surface area contributed by atoms with E-state index >= 15 is 0 Å². The SMILES string of the molecule is Cc1ccc2c(c1)N(S(C)(=O)=O)CC(C(=O)Nc1ccc(S(=O)(=O)N3CCCCC3)cc1)O2. The summed E-state index contributed by atoms with van der Waals surface area (Å²) in [5.41, 5.74) is 1.66. The van der Waals surface area contributed by atoms with Gasteiger partial charge in [0.15, 0.2) is 6.10 Å². The molecule has 178 valence electrons. The Bertz CT molecular complexity index is 1250. The van der Waals surface area contributed by atoms with Crippen LogP contribution < -0.4 is 14.4 Å². The number of hydrogen-bond donors (Lipinski definition) is 1. The number of amides is 1. The lowest BCUT2D eigenvalue weighted by Crippen LogP contribution is -2.48. The number of benzene rings is 2. The first-order valence-electron chi connectivity index (χ1n) is 10.7. The van der Waals surface area contributed by atoms with Crippen LogP contribution in [0.15, 0.2) is 47.4 Å². The van der Waals surface area contributed by atoms with Gasteiger partial charge in [0, 0.05) is 18.8 Å². The molecule has 1 saturated heterocycles. The summed E-state index contributed by atoms with van der Waals surface area (Å²) in [4.78, 5) is 13.0. The van der Waals surface area contributed by atoms with Gasteiger partial charge in [-0.1, -0.05) is 12.5 Å². The number of aryl methyl sites for hydroxylation is 1. The molecule has 0 radical (unpaired) electrons. The quantitative estimate of drug-likeness (QED) is 0.684. The second-order valence-electron chi connectivity index (χ2n) is 8.35. The lowest BCUT2D eigenvalue weighted by Gasteiger charge is -2.34. The van der Waals surface area contributed by atoms with Crippen molar-refractivity contribution in [3.05, 3.63) is 48.0 Å². The van der Waals surface area contributed by atoms with E-state index in [1.54, 1.807) is 18.2 Å². The predicted octanol–water partition coefficient (Wildman–Crippen LogP) is 2.34. The third kappa shape index (κ3) is 4.99. The fourth-order valence-electron chi connectivity index (χ4n) is 4.00. The normalized spacial score (nSPS) is 19.5. The zero-order valence-electron chi connectivity index (χ0n) is 18.5. The largest absolute Gasteiger partial charge is 0.476 e. The van der Waals surface area contributed by atoms with Crippen LogP contribution in [0.1, 0.15) is 24.8 Å². The number of anilines is 2. The maximum absolute atomic E-state index is 12.9. The van der Waals surface area contributed by atoms with Crippen LogP contribution in [0.2, 0.25) is 0 Å². The van der Waals surface area contributed by atoms with Gasteiger partial charge in [0.25, 0.3) is 5.91 Å². The summed E-state index contributed by atoms with van der Waals surface area (Å²) in [6.07, 6.45) is 2.75. The van der Waals surface area contributed by atoms with Gasteiger partial charge in [0.05, 0.1) is 23.4 Å². The van der Waals surface area contributed by atoms with Crippen molar-refractivity contribution in [1.82, 2.24) is 4.31 Å². The monoisotopic (exact) mass is 493 g/mol. The van der Waals surface area contributed by atoms with Crippen LogP contribution in [-0.4, -0.2) is 59.0 Å². The molecule has 33 heavy (non-hydrogen) atoms. The molecular formula is C22H27N3O6S2. The van der Waals surface area contributed by atoms with Crippen molar-refractivity contribution in [2.45, 2.75) is 37.2 Å². The van der Waals surface area contributed by atoms with Gasteiger partial charge in [0.2, 0.25) is 20.0 Å². The average Bonchev–Trinajstić information content (AvgIpc) is 2.78. The molecule has 1 atom stereocenters. The van der Waals surface area contributed by atoms with E-state index in [0.717, 1.165) is 35.4 Å². The molecule has 0 bridgehead atoms. The van der Waals surface area contributed by atoms with Crippen molar-refractivity contribution in [2.75, 3.05) is 35.5 Å². The first-order chi connectivity index (χ1) is 15.6. The number of fused-ring (bicyclic) bond motifs is 1. The topological polar surface area (TPSA) is 113 Å². The molecule has 0 saturated carbocycles. The van der Waals surface area contributed by atoms with Crippen LogP contribution in [0, 0.1) is 6.92 Å². The fourth-order valence-corrected chi connectivity index (χ4v) is 6.42. The molecule has 1 fully saturated rings. The molecular weight excluding hydrogens is 466 g/mol. The maximum atomic E-state index is 12.9. The van der Waals surface area contributed by atoms with Crippen LogP contribution in [0.5, 0.6) is 5.75 Å². The molecule has 2 aliphatic rings. The van der Waals surface area contributed by atoms with E-state index < -0.39 is 32.1 Å². The molecule has 0 spiro atoms. The summed E-state index contributed by atoms with van der Waals surface area (Å²) in [5.74, 6) is -0.220. The Morgan fingerprint density at radius 2 is 1.67 bits per heavy atom. The highest BCUT2D eigenvalue weighted by molar-refractivity contribution is 7.92. The standard InChI is InChI=1S/C22H27N3O6S2/c1-16-6-11-20-19(14-16)25(32(2,27)28)15-21(31-20)22(26)23-17-7-9-18(10-8-17)33(29,30)24-12-4-3-5-13-24/h6-11,14,21H,3-5,12-13,15H2,1-2H3,(H,23,26). The molecule has 1 N–H and O–H groups in total. The van der Waals surface area contributed by atoms with Crippen molar-refractivity contribution in [2.24, 2.45) is 0 Å². The van der Waals surface area contributed by atoms with Crippen LogP contribution in [0.3, 0.4) is 0 Å². The zero-order chi connectivity index (χ0) is 23.8. The van der Waals surface area contributed by atoms with E-state index in [2.05, 4.69) is 5.32 Å². The van der Waals surface area contributed by atoms with Crippen molar-refractivity contribution >= 4 is 37.3 Å². The number of nitrogens with zero attached hydrogens (tertiary/aromatic N) is 2. The Morgan fingerprint density at radius 1 is 1.00 bits per heavy atom. The molecule has 2 aromatic rings. The van der Waals surface area contributed by atoms with E-state index in [9.17, 15) is 21.6 Å². The molecule has 0 aromatic heterocycles. The Hall–Kier alpha value is -2.63. The Balaban J connectivity index is 1.50. The zero-order valence-corrected chi connectivity index (χ0v) is 20.2. The van der Waals surface area contributed by atoms with Crippen molar-refractivity contribution in [3.8, 4) is 5.75 Å². The van der Waals surface area contributed by atoms with Crippen LogP contribution in [0.4, 0.5) is 11.4 Å². The Kier molecular flexibility index (Phi) is 6.39. The van der Waals surface area contributed by atoms with Crippen molar-refractivity contribution in [3.63, 3.8) is 0 Å². The van der Waals surface area contributed by atoms with Gasteiger partial charge in [0.1, 0.15) is 5.75 Å². The Morgan fingerprint density at radius 3 is 2.30 bits per heavy atom. The summed E-state index contributed by atoms with van der Waals surface area (Å²) >= 11 is 0. The molecule has 1 unspecified atom stereocenters. The number of carbonyl (C=O) groups is 1. The first kappa shape index (κ1) is 23.5. The molecule has 4 rings (SSSR count). The van der Waals surface area contributed by atoms with Crippen LogP contribution in [0.25, 0.3) is 0 Å². The fraction of sp³-hybridized carbons (Fsp3) is 0.409. The van der Waals surface area contributed by atoms with Crippen LogP contribution in [-0.2, 0) is 24.8 Å². The van der Waals surface area contributed by atoms with Gasteiger partial charge >= 0.3 is 0 Å². The predicted molar refractivity (Wildman–Crippen MR) is 125 cm³/mol. The van der Waals surface area contributed by atoms with E-state index in [0.29, 0.717) is 30.2 Å². The summed E-state index contributed by atoms with van der Waals surface area (Å²) in [7, 11) is -7.19. The molecule has 2 heterocycles. The number of ether oxygens (including phenoxy) is 1. The average molecular weight is 494 g/mol. The number of hydrogen-bond acceptors (Lipinski definition) is 6. The number of nitrogens with one attached hydrogen (secondary N) is 1. The lowest BCUT2D eigenvalue weighted by atomic mass is 10.1. The second kappa shape index (κ2) is 8.96. The molecule has 9 nitrogen and oxygen atoms in total. The second-order valence-corrected chi connectivity index (χ2v) is 12.2. The molecule has 2 aliphatic heterocycles. The highest BCUT2D eigenvalue weighted by atomic mass is 32.2. The van der Waals surface area contributed by atoms with Crippen LogP contribution >= 0.6 is 0 Å². The lowest BCUT2D eigenvalue weighted by molar-refractivity contribution is -0.122. The van der Waals surface area contributed by atoms with E-state index in [1.165, 1.54) is 28.6 Å². The third-order valence-corrected chi connectivity index (χ3v) is 8.81. The highest BCUT2D eigenvalue weighted by Crippen LogP contribution is 2.36. The number of piperidine rings is 1. The van der Waals surface area contributed by atoms with Gasteiger partial charge in [-0.25, -0.2) is 16.8 Å². The van der Waals surface area contributed by atoms with Crippen molar-refractivity contribution in [1.29, 1.82) is 0 Å². The Labute approximate surface area is 194 Å². The summed E-state index contributed by atoms with van der Waals surface area (Å²) in [6, 6.07) is 11.1. The minimum Gasteiger partial charge on any atom is -0.476 e. The van der Waals surface area contributed by atoms with Gasteiger partial charge in [-0.05, 0) is 61.7 Å². The van der Waals surface area contributed by atoms with Crippen molar-refractivity contribution < 1.29 is 26.4 Å². The minimum atomic E-state index is -3.63. The number of sulfonamides is 2. The number of rotatable bonds is 5. The third-order valence-electron chi connectivity index (χ3n) is 5.75. The first-order valence-corrected chi connectivity index (χ1v) is 14.0. The van der Waals surface area contributed by atoms with E-state index in [-0.39, 0.29) is 11.4 Å². The van der Waals surface area contributed by atoms with Gasteiger partial charge in [-0.2, -0.15) is 4.31 Å². The van der Waals surface area contributed by atoms with Gasteiger partial charge < -0.3 is 10.1 Å². The van der Waals surface area contributed by atoms with Gasteiger partial charge in [-0.15, -0.1) is 0 Å². The molecule has 0 aliphatic carbocycles.